The molecular weight excluding hydrogens is 362 g/mol. The van der Waals surface area contributed by atoms with E-state index in [1.165, 1.54) is 32.9 Å². The van der Waals surface area contributed by atoms with Crippen LogP contribution in [-0.4, -0.2) is 5.54 Å². The minimum Gasteiger partial charge on any atom is -0.334 e. The van der Waals surface area contributed by atoms with Crippen molar-refractivity contribution in [2.45, 2.75) is 25.8 Å². The summed E-state index contributed by atoms with van der Waals surface area (Å²) in [5.74, 6) is 0.417. The van der Waals surface area contributed by atoms with Gasteiger partial charge in [0.1, 0.15) is 0 Å². The Hall–Kier alpha value is -3.32. The van der Waals surface area contributed by atoms with Crippen LogP contribution in [0.15, 0.2) is 109 Å². The molecule has 1 aliphatic rings. The molecule has 30 heavy (non-hydrogen) atoms. The van der Waals surface area contributed by atoms with E-state index in [9.17, 15) is 0 Å². The SMILES string of the molecule is CC(C)(C1C=CC=CC1)N(c1cccc2ccccc12)c1cccc2ccccc12. The van der Waals surface area contributed by atoms with Crippen LogP contribution in [0.1, 0.15) is 20.3 Å². The number of benzene rings is 4. The summed E-state index contributed by atoms with van der Waals surface area (Å²) >= 11 is 0. The Labute approximate surface area is 179 Å². The molecule has 0 radical (unpaired) electrons. The highest BCUT2D eigenvalue weighted by Gasteiger charge is 2.36. The molecule has 148 valence electrons. The third-order valence-corrected chi connectivity index (χ3v) is 6.48. The van der Waals surface area contributed by atoms with Crippen LogP contribution in [0.2, 0.25) is 0 Å². The first-order chi connectivity index (χ1) is 14.7. The van der Waals surface area contributed by atoms with Gasteiger partial charge in [0.2, 0.25) is 0 Å². The van der Waals surface area contributed by atoms with Crippen LogP contribution >= 0.6 is 0 Å². The van der Waals surface area contributed by atoms with E-state index in [1.807, 2.05) is 0 Å². The van der Waals surface area contributed by atoms with Crippen molar-refractivity contribution >= 4 is 32.9 Å². The largest absolute Gasteiger partial charge is 0.334 e. The summed E-state index contributed by atoms with van der Waals surface area (Å²) in [5, 5.41) is 5.12. The predicted octanol–water partition coefficient (Wildman–Crippen LogP) is 8.04. The predicted molar refractivity (Wildman–Crippen MR) is 131 cm³/mol. The van der Waals surface area contributed by atoms with Gasteiger partial charge < -0.3 is 4.90 Å². The maximum atomic E-state index is 2.58. The lowest BCUT2D eigenvalue weighted by Gasteiger charge is -2.46. The molecule has 0 fully saturated rings. The smallest absolute Gasteiger partial charge is 0.0495 e. The molecule has 1 heteroatoms. The Morgan fingerprint density at radius 3 is 1.73 bits per heavy atom. The third kappa shape index (κ3) is 3.11. The summed E-state index contributed by atoms with van der Waals surface area (Å²) in [7, 11) is 0. The van der Waals surface area contributed by atoms with E-state index in [1.54, 1.807) is 0 Å². The first-order valence-electron chi connectivity index (χ1n) is 10.8. The highest BCUT2D eigenvalue weighted by atomic mass is 15.2. The first-order valence-corrected chi connectivity index (χ1v) is 10.8. The van der Waals surface area contributed by atoms with Gasteiger partial charge in [0, 0.05) is 33.6 Å². The number of hydrogen-bond donors (Lipinski definition) is 0. The van der Waals surface area contributed by atoms with Gasteiger partial charge in [-0.2, -0.15) is 0 Å². The van der Waals surface area contributed by atoms with Crippen LogP contribution in [0, 0.1) is 5.92 Å². The second-order valence-electron chi connectivity index (χ2n) is 8.64. The van der Waals surface area contributed by atoms with Crippen LogP contribution < -0.4 is 4.90 Å². The lowest BCUT2D eigenvalue weighted by Crippen LogP contribution is -2.46. The lowest BCUT2D eigenvalue weighted by atomic mass is 9.80. The van der Waals surface area contributed by atoms with Crippen LogP contribution in [0.25, 0.3) is 21.5 Å². The number of fused-ring (bicyclic) bond motifs is 2. The normalized spacial score (nSPS) is 16.3. The highest BCUT2D eigenvalue weighted by Crippen LogP contribution is 2.44. The molecule has 1 nitrogen and oxygen atoms in total. The quantitative estimate of drug-likeness (QED) is 0.341. The molecule has 0 aliphatic heterocycles. The summed E-state index contributed by atoms with van der Waals surface area (Å²) in [6.45, 7) is 4.76. The molecule has 1 aliphatic carbocycles. The Bertz CT molecular complexity index is 1170. The van der Waals surface area contributed by atoms with E-state index in [0.29, 0.717) is 5.92 Å². The van der Waals surface area contributed by atoms with Crippen molar-refractivity contribution in [2.75, 3.05) is 4.90 Å². The standard InChI is InChI=1S/C29H27N/c1-29(2,24-16-4-3-5-17-24)30(27-20-10-14-22-12-6-8-18-25(22)27)28-21-11-15-23-13-7-9-19-26(23)28/h3-16,18-21,24H,17H2,1-2H3. The fraction of sp³-hybridized carbons (Fsp3) is 0.172. The number of nitrogens with zero attached hydrogens (tertiary/aromatic N) is 1. The van der Waals surface area contributed by atoms with Crippen molar-refractivity contribution in [3.05, 3.63) is 109 Å². The number of rotatable bonds is 4. The molecule has 1 unspecified atom stereocenters. The average Bonchev–Trinajstić information content (AvgIpc) is 2.80. The van der Waals surface area contributed by atoms with Crippen LogP contribution in [-0.2, 0) is 0 Å². The molecule has 4 aromatic rings. The van der Waals surface area contributed by atoms with Crippen LogP contribution in [0.4, 0.5) is 11.4 Å². The molecule has 0 spiro atoms. The van der Waals surface area contributed by atoms with Gasteiger partial charge in [0.15, 0.2) is 0 Å². The summed E-state index contributed by atoms with van der Waals surface area (Å²) in [6.07, 6.45) is 10.1. The topological polar surface area (TPSA) is 3.24 Å². The fourth-order valence-corrected chi connectivity index (χ4v) is 4.83. The highest BCUT2D eigenvalue weighted by molar-refractivity contribution is 6.02. The molecule has 0 saturated carbocycles. The second-order valence-corrected chi connectivity index (χ2v) is 8.64. The summed E-state index contributed by atoms with van der Waals surface area (Å²) in [4.78, 5) is 2.58. The summed E-state index contributed by atoms with van der Waals surface area (Å²) in [5.41, 5.74) is 2.41. The number of allylic oxidation sites excluding steroid dienone is 3. The van der Waals surface area contributed by atoms with Gasteiger partial charge in [0.05, 0.1) is 0 Å². The summed E-state index contributed by atoms with van der Waals surface area (Å²) < 4.78 is 0. The van der Waals surface area contributed by atoms with Gasteiger partial charge in [-0.25, -0.2) is 0 Å². The van der Waals surface area contributed by atoms with Crippen molar-refractivity contribution in [2.24, 2.45) is 5.92 Å². The monoisotopic (exact) mass is 389 g/mol. The van der Waals surface area contributed by atoms with Crippen LogP contribution in [0.5, 0.6) is 0 Å². The second kappa shape index (κ2) is 7.50. The van der Waals surface area contributed by atoms with Crippen molar-refractivity contribution in [1.82, 2.24) is 0 Å². The average molecular weight is 390 g/mol. The molecule has 0 amide bonds. The van der Waals surface area contributed by atoms with E-state index in [0.717, 1.165) is 6.42 Å². The minimum atomic E-state index is -0.116. The summed E-state index contributed by atoms with van der Waals surface area (Å²) in [6, 6.07) is 30.7. The molecule has 4 aromatic carbocycles. The van der Waals surface area contributed by atoms with Crippen molar-refractivity contribution < 1.29 is 0 Å². The van der Waals surface area contributed by atoms with E-state index in [2.05, 4.69) is 128 Å². The van der Waals surface area contributed by atoms with Crippen molar-refractivity contribution in [1.29, 1.82) is 0 Å². The van der Waals surface area contributed by atoms with E-state index in [4.69, 9.17) is 0 Å². The van der Waals surface area contributed by atoms with Gasteiger partial charge in [-0.1, -0.05) is 97.1 Å². The van der Waals surface area contributed by atoms with Crippen molar-refractivity contribution in [3.8, 4) is 0 Å². The number of anilines is 2. The van der Waals surface area contributed by atoms with E-state index >= 15 is 0 Å². The maximum Gasteiger partial charge on any atom is 0.0495 e. The number of hydrogen-bond acceptors (Lipinski definition) is 1. The molecular formula is C29H27N. The lowest BCUT2D eigenvalue weighted by molar-refractivity contribution is 0.378. The zero-order valence-electron chi connectivity index (χ0n) is 17.6. The molecule has 0 bridgehead atoms. The molecule has 0 heterocycles. The molecule has 0 N–H and O–H groups in total. The molecule has 5 rings (SSSR count). The zero-order valence-corrected chi connectivity index (χ0v) is 17.6. The zero-order chi connectivity index (χ0) is 20.6. The maximum absolute atomic E-state index is 2.58. The van der Waals surface area contributed by atoms with E-state index < -0.39 is 0 Å². The Morgan fingerprint density at radius 1 is 0.667 bits per heavy atom. The van der Waals surface area contributed by atoms with Gasteiger partial charge in [-0.05, 0) is 43.2 Å². The fourth-order valence-electron chi connectivity index (χ4n) is 4.83. The van der Waals surface area contributed by atoms with Crippen LogP contribution in [0.3, 0.4) is 0 Å². The van der Waals surface area contributed by atoms with Gasteiger partial charge in [-0.3, -0.25) is 0 Å². The van der Waals surface area contributed by atoms with Gasteiger partial charge >= 0.3 is 0 Å². The Morgan fingerprint density at radius 2 is 1.20 bits per heavy atom. The minimum absolute atomic E-state index is 0.116. The third-order valence-electron chi connectivity index (χ3n) is 6.48. The van der Waals surface area contributed by atoms with E-state index in [-0.39, 0.29) is 5.54 Å². The molecule has 0 saturated heterocycles. The first kappa shape index (κ1) is 18.7. The van der Waals surface area contributed by atoms with Gasteiger partial charge in [0.25, 0.3) is 0 Å². The Kier molecular flexibility index (Phi) is 4.67. The van der Waals surface area contributed by atoms with Gasteiger partial charge in [-0.15, -0.1) is 0 Å². The molecule has 1 atom stereocenters. The van der Waals surface area contributed by atoms with Crippen molar-refractivity contribution in [3.63, 3.8) is 0 Å². The molecule has 0 aromatic heterocycles. The Balaban J connectivity index is 1.80.